The van der Waals surface area contributed by atoms with Crippen LogP contribution in [0.5, 0.6) is 5.75 Å². The van der Waals surface area contributed by atoms with Crippen LogP contribution in [0.3, 0.4) is 0 Å². The van der Waals surface area contributed by atoms with Crippen LogP contribution in [-0.2, 0) is 57.0 Å². The molecule has 1 saturated heterocycles. The summed E-state index contributed by atoms with van der Waals surface area (Å²) >= 11 is 0. The number of nitrogens with two attached hydrogens (primary N) is 1. The number of benzene rings is 2. The Morgan fingerprint density at radius 2 is 1.08 bits per heavy atom. The van der Waals surface area contributed by atoms with E-state index >= 15 is 0 Å². The lowest BCUT2D eigenvalue weighted by Gasteiger charge is -2.27. The van der Waals surface area contributed by atoms with Gasteiger partial charge >= 0.3 is 0 Å². The molecule has 2 aliphatic heterocycles. The number of hydrogen-bond acceptors (Lipinski definition) is 16. The van der Waals surface area contributed by atoms with E-state index in [1.165, 1.54) is 6.07 Å². The first-order valence-electron chi connectivity index (χ1n) is 21.2. The minimum atomic E-state index is -1.08. The van der Waals surface area contributed by atoms with Gasteiger partial charge in [-0.1, -0.05) is 12.5 Å². The Balaban J connectivity index is 0.825. The lowest BCUT2D eigenvalue weighted by Crippen LogP contribution is -2.54. The van der Waals surface area contributed by atoms with E-state index in [0.29, 0.717) is 138 Å². The maximum Gasteiger partial charge on any atom is 0.264 e. The van der Waals surface area contributed by atoms with Gasteiger partial charge in [-0.05, 0) is 55.7 Å². The molecule has 0 saturated carbocycles. The van der Waals surface area contributed by atoms with Gasteiger partial charge in [-0.15, -0.1) is 0 Å². The molecule has 0 radical (unpaired) electrons. The summed E-state index contributed by atoms with van der Waals surface area (Å²) in [6.45, 7) is 8.93. The summed E-state index contributed by atoms with van der Waals surface area (Å²) in [4.78, 5) is 63.6. The third-order valence-corrected chi connectivity index (χ3v) is 9.29. The molecule has 1 fully saturated rings. The quantitative estimate of drug-likeness (QED) is 0.0507. The smallest absolute Gasteiger partial charge is 0.264 e. The third kappa shape index (κ3) is 19.2. The van der Waals surface area contributed by atoms with Crippen LogP contribution in [0.15, 0.2) is 42.5 Å². The SMILES string of the molecule is Nc1ccc(OCCOCCOCCOCCOCCOCCOCCOCCOCCOCCCCCC(=O)Nc2cccc3c2C(=O)N(C2CCC(=O)NC2=O)C3=O)cc1. The highest BCUT2D eigenvalue weighted by atomic mass is 16.6. The second-order valence-electron chi connectivity index (χ2n) is 14.0. The zero-order valence-corrected chi connectivity index (χ0v) is 35.4. The fourth-order valence-corrected chi connectivity index (χ4v) is 6.14. The summed E-state index contributed by atoms with van der Waals surface area (Å²) in [7, 11) is 0. The summed E-state index contributed by atoms with van der Waals surface area (Å²) in [5.74, 6) is -1.96. The first-order chi connectivity index (χ1) is 30.3. The topological polar surface area (TPSA) is 231 Å². The molecule has 1 atom stereocenters. The number of anilines is 2. The van der Waals surface area contributed by atoms with Gasteiger partial charge in [0.15, 0.2) is 0 Å². The van der Waals surface area contributed by atoms with Gasteiger partial charge in [0.25, 0.3) is 11.8 Å². The third-order valence-electron chi connectivity index (χ3n) is 9.29. The predicted octanol–water partition coefficient (Wildman–Crippen LogP) is 2.40. The largest absolute Gasteiger partial charge is 0.491 e. The van der Waals surface area contributed by atoms with Crippen molar-refractivity contribution in [2.75, 3.05) is 137 Å². The average Bonchev–Trinajstić information content (AvgIpc) is 3.52. The van der Waals surface area contributed by atoms with E-state index in [4.69, 9.17) is 53.1 Å². The molecule has 19 heteroatoms. The molecule has 344 valence electrons. The highest BCUT2D eigenvalue weighted by molar-refractivity contribution is 6.26. The average molecular weight is 875 g/mol. The highest BCUT2D eigenvalue weighted by Gasteiger charge is 2.45. The maximum absolute atomic E-state index is 13.2. The number of amides is 5. The number of rotatable bonds is 36. The molecule has 0 aliphatic carbocycles. The van der Waals surface area contributed by atoms with Crippen LogP contribution < -0.4 is 21.1 Å². The number of fused-ring (bicyclic) bond motifs is 1. The summed E-state index contributed by atoms with van der Waals surface area (Å²) in [5, 5.41) is 4.91. The Bertz CT molecular complexity index is 1650. The van der Waals surface area contributed by atoms with Crippen molar-refractivity contribution in [1.29, 1.82) is 0 Å². The van der Waals surface area contributed by atoms with E-state index in [1.54, 1.807) is 24.3 Å². The van der Waals surface area contributed by atoms with E-state index in [2.05, 4.69) is 10.6 Å². The second kappa shape index (κ2) is 30.5. The van der Waals surface area contributed by atoms with Crippen molar-refractivity contribution in [2.24, 2.45) is 0 Å². The number of nitrogen functional groups attached to an aromatic ring is 1. The summed E-state index contributed by atoms with van der Waals surface area (Å²) in [6.07, 6.45) is 2.44. The molecule has 0 spiro atoms. The fourth-order valence-electron chi connectivity index (χ4n) is 6.14. The van der Waals surface area contributed by atoms with Gasteiger partial charge in [-0.3, -0.25) is 34.2 Å². The maximum atomic E-state index is 13.2. The van der Waals surface area contributed by atoms with Gasteiger partial charge in [0.05, 0.1) is 129 Å². The number of ether oxygens (including phenoxy) is 10. The number of hydrogen-bond donors (Lipinski definition) is 3. The van der Waals surface area contributed by atoms with Gasteiger partial charge in [0.2, 0.25) is 17.7 Å². The van der Waals surface area contributed by atoms with Gasteiger partial charge in [-0.25, -0.2) is 0 Å². The van der Waals surface area contributed by atoms with Crippen LogP contribution in [0.25, 0.3) is 0 Å². The Kier molecular flexibility index (Phi) is 24.6. The van der Waals surface area contributed by atoms with Gasteiger partial charge in [0.1, 0.15) is 18.4 Å². The zero-order chi connectivity index (χ0) is 44.0. The van der Waals surface area contributed by atoms with E-state index in [-0.39, 0.29) is 42.0 Å². The molecule has 2 aliphatic rings. The molecule has 0 aromatic heterocycles. The number of nitrogens with zero attached hydrogens (tertiary/aromatic N) is 1. The van der Waals surface area contributed by atoms with Crippen molar-refractivity contribution in [3.05, 3.63) is 53.6 Å². The molecule has 4 N–H and O–H groups in total. The van der Waals surface area contributed by atoms with Gasteiger partial charge in [0, 0.05) is 25.1 Å². The minimum Gasteiger partial charge on any atom is -0.491 e. The predicted molar refractivity (Wildman–Crippen MR) is 224 cm³/mol. The Morgan fingerprint density at radius 3 is 1.58 bits per heavy atom. The van der Waals surface area contributed by atoms with Crippen molar-refractivity contribution in [1.82, 2.24) is 10.2 Å². The summed E-state index contributed by atoms with van der Waals surface area (Å²) in [6, 6.07) is 10.8. The first-order valence-corrected chi connectivity index (χ1v) is 21.2. The molecule has 5 amide bonds. The lowest BCUT2D eigenvalue weighted by molar-refractivity contribution is -0.136. The van der Waals surface area contributed by atoms with E-state index in [9.17, 15) is 24.0 Å². The molecule has 2 aromatic rings. The number of nitrogens with one attached hydrogen (secondary N) is 2. The van der Waals surface area contributed by atoms with Crippen molar-refractivity contribution in [2.45, 2.75) is 44.6 Å². The summed E-state index contributed by atoms with van der Waals surface area (Å²) in [5.41, 5.74) is 6.72. The summed E-state index contributed by atoms with van der Waals surface area (Å²) < 4.78 is 55.1. The number of unbranched alkanes of at least 4 members (excludes halogenated alkanes) is 2. The lowest BCUT2D eigenvalue weighted by atomic mass is 10.0. The van der Waals surface area contributed by atoms with Gasteiger partial charge < -0.3 is 58.4 Å². The van der Waals surface area contributed by atoms with Crippen LogP contribution in [0.1, 0.15) is 59.2 Å². The molecule has 0 bridgehead atoms. The molecule has 4 rings (SSSR count). The number of imide groups is 2. The Labute approximate surface area is 362 Å². The van der Waals surface area contributed by atoms with Crippen LogP contribution >= 0.6 is 0 Å². The monoisotopic (exact) mass is 874 g/mol. The second-order valence-corrected chi connectivity index (χ2v) is 14.0. The van der Waals surface area contributed by atoms with Crippen LogP contribution in [0.2, 0.25) is 0 Å². The molecule has 2 heterocycles. The van der Waals surface area contributed by atoms with Crippen molar-refractivity contribution < 1.29 is 71.3 Å². The van der Waals surface area contributed by atoms with Crippen LogP contribution in [0.4, 0.5) is 11.4 Å². The Morgan fingerprint density at radius 1 is 0.597 bits per heavy atom. The molecule has 1 unspecified atom stereocenters. The van der Waals surface area contributed by atoms with Crippen molar-refractivity contribution >= 4 is 40.9 Å². The van der Waals surface area contributed by atoms with E-state index < -0.39 is 29.7 Å². The van der Waals surface area contributed by atoms with E-state index in [0.717, 1.165) is 23.5 Å². The zero-order valence-electron chi connectivity index (χ0n) is 35.4. The number of carbonyl (C=O) groups is 5. The molecule has 62 heavy (non-hydrogen) atoms. The molecule has 2 aromatic carbocycles. The number of piperidine rings is 1. The Hall–Kier alpha value is -4.57. The minimum absolute atomic E-state index is 0.0267. The fraction of sp³-hybridized carbons (Fsp3) is 0.605. The molecular weight excluding hydrogens is 812 g/mol. The first kappa shape index (κ1) is 50.1. The number of carbonyl (C=O) groups excluding carboxylic acids is 5. The van der Waals surface area contributed by atoms with Gasteiger partial charge in [-0.2, -0.15) is 0 Å². The highest BCUT2D eigenvalue weighted by Crippen LogP contribution is 2.32. The molecular formula is C43H62N4O15. The van der Waals surface area contributed by atoms with Crippen molar-refractivity contribution in [3.8, 4) is 5.75 Å². The van der Waals surface area contributed by atoms with E-state index in [1.807, 2.05) is 12.1 Å². The van der Waals surface area contributed by atoms with Crippen LogP contribution in [-0.4, -0.2) is 166 Å². The standard InChI is InChI=1S/C43H62N4O15/c44-33-8-10-34(11-9-33)62-32-31-61-30-29-60-28-27-59-26-25-58-24-23-57-22-21-56-20-19-55-18-17-54-16-15-53-14-3-1-2-7-38(48)45-36-6-4-5-35-40(36)43(52)47(42(35)51)37-12-13-39(49)46-41(37)50/h4-6,8-11,37H,1-3,7,12-32,44H2,(H,45,48)(H,46,49,50). The van der Waals surface area contributed by atoms with Crippen molar-refractivity contribution in [3.63, 3.8) is 0 Å². The van der Waals surface area contributed by atoms with Crippen LogP contribution in [0, 0.1) is 0 Å². The normalized spacial score (nSPS) is 15.0. The molecule has 19 nitrogen and oxygen atoms in total.